The lowest BCUT2D eigenvalue weighted by Crippen LogP contribution is -2.20. The first-order valence-corrected chi connectivity index (χ1v) is 7.22. The first kappa shape index (κ1) is 14.7. The van der Waals surface area contributed by atoms with Crippen LogP contribution in [0.5, 0.6) is 0 Å². The molecule has 0 aliphatic rings. The van der Waals surface area contributed by atoms with Gasteiger partial charge < -0.3 is 14.6 Å². The number of carboxylic acids is 1. The fourth-order valence-electron chi connectivity index (χ4n) is 2.13. The fraction of sp³-hybridized carbons (Fsp3) is 0.267. The number of aryl methyl sites for hydroxylation is 1. The van der Waals surface area contributed by atoms with Crippen LogP contribution in [0.1, 0.15) is 16.9 Å². The summed E-state index contributed by atoms with van der Waals surface area (Å²) in [6, 6.07) is 11.8. The van der Waals surface area contributed by atoms with E-state index in [1.54, 1.807) is 10.6 Å². The Hall–Kier alpha value is -1.75. The zero-order chi connectivity index (χ0) is 14.5. The standard InChI is InChI=1S/C15H17BrN2O2/c1-17(13-6-3-2-4-7-13)8-5-9-18-11-12(16)10-14(18)15(19)20/h2-4,6-7,10-11H,5,8-9H2,1H3,(H,19,20). The number of anilines is 1. The number of para-hydroxylation sites is 1. The molecule has 0 radical (unpaired) electrons. The van der Waals surface area contributed by atoms with Crippen molar-refractivity contribution < 1.29 is 9.90 Å². The predicted molar refractivity (Wildman–Crippen MR) is 83.4 cm³/mol. The van der Waals surface area contributed by atoms with E-state index in [4.69, 9.17) is 5.11 Å². The number of halogens is 1. The quantitative estimate of drug-likeness (QED) is 0.878. The normalized spacial score (nSPS) is 10.5. The molecule has 1 aromatic heterocycles. The van der Waals surface area contributed by atoms with Gasteiger partial charge in [0.2, 0.25) is 0 Å². The summed E-state index contributed by atoms with van der Waals surface area (Å²) in [5.41, 5.74) is 1.49. The number of hydrogen-bond donors (Lipinski definition) is 1. The molecular formula is C15H17BrN2O2. The molecule has 0 fully saturated rings. The molecule has 4 nitrogen and oxygen atoms in total. The van der Waals surface area contributed by atoms with Crippen LogP contribution in [0.4, 0.5) is 5.69 Å². The number of carbonyl (C=O) groups is 1. The van der Waals surface area contributed by atoms with Crippen LogP contribution in [0.2, 0.25) is 0 Å². The van der Waals surface area contributed by atoms with E-state index in [1.807, 2.05) is 31.4 Å². The first-order valence-electron chi connectivity index (χ1n) is 6.43. The Kier molecular flexibility index (Phi) is 4.84. The average Bonchev–Trinajstić information content (AvgIpc) is 2.81. The second-order valence-electron chi connectivity index (χ2n) is 4.65. The summed E-state index contributed by atoms with van der Waals surface area (Å²) >= 11 is 3.31. The fourth-order valence-corrected chi connectivity index (χ4v) is 2.59. The molecule has 1 heterocycles. The molecule has 0 spiro atoms. The number of hydrogen-bond acceptors (Lipinski definition) is 2. The molecule has 5 heteroatoms. The van der Waals surface area contributed by atoms with Gasteiger partial charge in [-0.05, 0) is 40.5 Å². The van der Waals surface area contributed by atoms with Crippen molar-refractivity contribution in [1.82, 2.24) is 4.57 Å². The van der Waals surface area contributed by atoms with Crippen molar-refractivity contribution >= 4 is 27.6 Å². The number of nitrogens with zero attached hydrogens (tertiary/aromatic N) is 2. The highest BCUT2D eigenvalue weighted by Crippen LogP contribution is 2.16. The van der Waals surface area contributed by atoms with E-state index >= 15 is 0 Å². The Labute approximate surface area is 126 Å². The highest BCUT2D eigenvalue weighted by atomic mass is 79.9. The summed E-state index contributed by atoms with van der Waals surface area (Å²) in [5, 5.41) is 9.11. The van der Waals surface area contributed by atoms with Crippen molar-refractivity contribution in [3.8, 4) is 0 Å². The molecule has 2 aromatic rings. The maximum absolute atomic E-state index is 11.1. The molecule has 2 rings (SSSR count). The summed E-state index contributed by atoms with van der Waals surface area (Å²) in [7, 11) is 2.04. The molecule has 0 saturated heterocycles. The Bertz CT molecular complexity index is 581. The molecule has 0 amide bonds. The second kappa shape index (κ2) is 6.61. The Morgan fingerprint density at radius 3 is 2.70 bits per heavy atom. The maximum atomic E-state index is 11.1. The summed E-state index contributed by atoms with van der Waals surface area (Å²) in [6.07, 6.45) is 2.69. The number of aromatic carboxylic acids is 1. The van der Waals surface area contributed by atoms with E-state index in [1.165, 1.54) is 5.69 Å². The molecule has 106 valence electrons. The van der Waals surface area contributed by atoms with Gasteiger partial charge in [0.1, 0.15) is 5.69 Å². The molecule has 0 saturated carbocycles. The molecular weight excluding hydrogens is 320 g/mol. The molecule has 1 aromatic carbocycles. The van der Waals surface area contributed by atoms with Crippen LogP contribution < -0.4 is 4.90 Å². The lowest BCUT2D eigenvalue weighted by molar-refractivity contribution is 0.0685. The van der Waals surface area contributed by atoms with Gasteiger partial charge in [0.15, 0.2) is 0 Å². The zero-order valence-electron chi connectivity index (χ0n) is 11.3. The minimum atomic E-state index is -0.896. The van der Waals surface area contributed by atoms with Gasteiger partial charge in [0.05, 0.1) is 0 Å². The zero-order valence-corrected chi connectivity index (χ0v) is 12.9. The lowest BCUT2D eigenvalue weighted by atomic mass is 10.3. The van der Waals surface area contributed by atoms with Gasteiger partial charge in [-0.1, -0.05) is 18.2 Å². The molecule has 0 bridgehead atoms. The number of aromatic nitrogens is 1. The van der Waals surface area contributed by atoms with Crippen molar-refractivity contribution in [1.29, 1.82) is 0 Å². The summed E-state index contributed by atoms with van der Waals surface area (Å²) < 4.78 is 2.57. The van der Waals surface area contributed by atoms with Gasteiger partial charge in [0.25, 0.3) is 0 Å². The summed E-state index contributed by atoms with van der Waals surface area (Å²) in [6.45, 7) is 1.56. The van der Waals surface area contributed by atoms with Gasteiger partial charge in [-0.15, -0.1) is 0 Å². The maximum Gasteiger partial charge on any atom is 0.352 e. The van der Waals surface area contributed by atoms with Crippen molar-refractivity contribution in [3.63, 3.8) is 0 Å². The topological polar surface area (TPSA) is 45.5 Å². The van der Waals surface area contributed by atoms with Crippen molar-refractivity contribution in [2.75, 3.05) is 18.5 Å². The van der Waals surface area contributed by atoms with Crippen molar-refractivity contribution in [2.24, 2.45) is 0 Å². The van der Waals surface area contributed by atoms with Gasteiger partial charge in [0, 0.05) is 36.5 Å². The van der Waals surface area contributed by atoms with E-state index in [0.29, 0.717) is 12.2 Å². The summed E-state index contributed by atoms with van der Waals surface area (Å²) in [4.78, 5) is 13.3. The van der Waals surface area contributed by atoms with E-state index in [2.05, 4.69) is 33.0 Å². The van der Waals surface area contributed by atoms with Gasteiger partial charge in [-0.3, -0.25) is 0 Å². The van der Waals surface area contributed by atoms with Crippen molar-refractivity contribution in [3.05, 3.63) is 52.8 Å². The monoisotopic (exact) mass is 336 g/mol. The Balaban J connectivity index is 1.92. The van der Waals surface area contributed by atoms with Crippen LogP contribution in [-0.4, -0.2) is 29.2 Å². The van der Waals surface area contributed by atoms with Crippen LogP contribution in [0.3, 0.4) is 0 Å². The van der Waals surface area contributed by atoms with Crippen LogP contribution >= 0.6 is 15.9 Å². The van der Waals surface area contributed by atoms with E-state index in [-0.39, 0.29) is 0 Å². The predicted octanol–water partition coefficient (Wildman–Crippen LogP) is 3.48. The Morgan fingerprint density at radius 2 is 2.05 bits per heavy atom. The van der Waals surface area contributed by atoms with Crippen LogP contribution in [0, 0.1) is 0 Å². The number of rotatable bonds is 6. The van der Waals surface area contributed by atoms with Crippen molar-refractivity contribution in [2.45, 2.75) is 13.0 Å². The average molecular weight is 337 g/mol. The van der Waals surface area contributed by atoms with E-state index in [0.717, 1.165) is 17.4 Å². The third-order valence-corrected chi connectivity index (χ3v) is 3.61. The molecule has 20 heavy (non-hydrogen) atoms. The third-order valence-electron chi connectivity index (χ3n) is 3.17. The first-order chi connectivity index (χ1) is 9.58. The van der Waals surface area contributed by atoms with Crippen LogP contribution in [-0.2, 0) is 6.54 Å². The van der Waals surface area contributed by atoms with Crippen LogP contribution in [0.25, 0.3) is 0 Å². The minimum Gasteiger partial charge on any atom is -0.477 e. The molecule has 0 aliphatic carbocycles. The number of carboxylic acid groups (broad SMARTS) is 1. The largest absolute Gasteiger partial charge is 0.477 e. The molecule has 0 unspecified atom stereocenters. The molecule has 0 atom stereocenters. The van der Waals surface area contributed by atoms with E-state index < -0.39 is 5.97 Å². The third kappa shape index (κ3) is 3.63. The van der Waals surface area contributed by atoms with Crippen LogP contribution in [0.15, 0.2) is 47.1 Å². The van der Waals surface area contributed by atoms with E-state index in [9.17, 15) is 4.79 Å². The molecule has 1 N–H and O–H groups in total. The Morgan fingerprint density at radius 1 is 1.35 bits per heavy atom. The van der Waals surface area contributed by atoms with Gasteiger partial charge >= 0.3 is 5.97 Å². The smallest absolute Gasteiger partial charge is 0.352 e. The van der Waals surface area contributed by atoms with Gasteiger partial charge in [-0.2, -0.15) is 0 Å². The SMILES string of the molecule is CN(CCCn1cc(Br)cc1C(=O)O)c1ccccc1. The minimum absolute atomic E-state index is 0.319. The highest BCUT2D eigenvalue weighted by Gasteiger charge is 2.11. The lowest BCUT2D eigenvalue weighted by Gasteiger charge is -2.19. The molecule has 0 aliphatic heterocycles. The number of benzene rings is 1. The second-order valence-corrected chi connectivity index (χ2v) is 5.57. The summed E-state index contributed by atoms with van der Waals surface area (Å²) in [5.74, 6) is -0.896. The van der Waals surface area contributed by atoms with Gasteiger partial charge in [-0.25, -0.2) is 4.79 Å². The highest BCUT2D eigenvalue weighted by molar-refractivity contribution is 9.10.